The van der Waals surface area contributed by atoms with Crippen LogP contribution in [0.25, 0.3) is 0 Å². The summed E-state index contributed by atoms with van der Waals surface area (Å²) in [5, 5.41) is 8.54. The molecule has 20 heavy (non-hydrogen) atoms. The summed E-state index contributed by atoms with van der Waals surface area (Å²) in [4.78, 5) is 5.52. The van der Waals surface area contributed by atoms with Crippen molar-refractivity contribution in [3.63, 3.8) is 0 Å². The summed E-state index contributed by atoms with van der Waals surface area (Å²) in [5.74, 6) is 0.662. The van der Waals surface area contributed by atoms with Crippen LogP contribution in [0.4, 0.5) is 0 Å². The molecule has 0 spiro atoms. The lowest BCUT2D eigenvalue weighted by molar-refractivity contribution is 0.550. The van der Waals surface area contributed by atoms with Gasteiger partial charge in [0.1, 0.15) is 6.33 Å². The monoisotopic (exact) mass is 290 g/mol. The van der Waals surface area contributed by atoms with E-state index in [0.717, 1.165) is 18.2 Å². The second-order valence-corrected chi connectivity index (χ2v) is 6.41. The minimum absolute atomic E-state index is 0.662. The molecule has 0 saturated heterocycles. The van der Waals surface area contributed by atoms with Gasteiger partial charge in [-0.15, -0.1) is 0 Å². The second-order valence-electron chi connectivity index (χ2n) is 5.40. The summed E-state index contributed by atoms with van der Waals surface area (Å²) in [7, 11) is 1.92. The first-order chi connectivity index (χ1) is 9.56. The third kappa shape index (κ3) is 4.08. The molecule has 0 atom stereocenters. The van der Waals surface area contributed by atoms with Gasteiger partial charge in [0, 0.05) is 18.5 Å². The van der Waals surface area contributed by atoms with Crippen molar-refractivity contribution in [3.8, 4) is 0 Å². The molecule has 0 radical (unpaired) electrons. The normalized spacial score (nSPS) is 11.2. The highest BCUT2D eigenvalue weighted by atomic mass is 32.2. The van der Waals surface area contributed by atoms with Crippen molar-refractivity contribution in [2.75, 3.05) is 6.54 Å². The Morgan fingerprint density at radius 1 is 1.35 bits per heavy atom. The predicted molar refractivity (Wildman–Crippen MR) is 82.8 cm³/mol. The van der Waals surface area contributed by atoms with E-state index < -0.39 is 0 Å². The molecule has 1 aromatic carbocycles. The Balaban J connectivity index is 2.13. The van der Waals surface area contributed by atoms with Crippen LogP contribution >= 0.6 is 11.8 Å². The number of nitrogens with one attached hydrogen (secondary N) is 1. The minimum Gasteiger partial charge on any atom is -0.312 e. The number of benzene rings is 1. The average molecular weight is 290 g/mol. The van der Waals surface area contributed by atoms with E-state index in [1.54, 1.807) is 22.8 Å². The van der Waals surface area contributed by atoms with E-state index in [1.807, 2.05) is 7.05 Å². The largest absolute Gasteiger partial charge is 0.312 e. The number of nitrogens with zero attached hydrogens (tertiary/aromatic N) is 3. The fraction of sp³-hybridized carbons (Fsp3) is 0.467. The Bertz CT molecular complexity index is 563. The van der Waals surface area contributed by atoms with E-state index in [9.17, 15) is 0 Å². The Morgan fingerprint density at radius 3 is 2.80 bits per heavy atom. The van der Waals surface area contributed by atoms with Gasteiger partial charge in [-0.25, -0.2) is 9.67 Å². The molecule has 0 saturated carbocycles. The van der Waals surface area contributed by atoms with Crippen LogP contribution in [0.15, 0.2) is 34.6 Å². The van der Waals surface area contributed by atoms with Crippen molar-refractivity contribution in [2.45, 2.75) is 37.4 Å². The third-order valence-electron chi connectivity index (χ3n) is 2.96. The predicted octanol–water partition coefficient (Wildman–Crippen LogP) is 3.02. The lowest BCUT2D eigenvalue weighted by Gasteiger charge is -2.12. The molecule has 5 heteroatoms. The molecule has 0 aliphatic heterocycles. The highest BCUT2D eigenvalue weighted by Gasteiger charge is 2.08. The smallest absolute Gasteiger partial charge is 0.190 e. The van der Waals surface area contributed by atoms with Gasteiger partial charge in [-0.05, 0) is 42.8 Å². The van der Waals surface area contributed by atoms with Crippen molar-refractivity contribution in [1.29, 1.82) is 0 Å². The molecule has 0 aliphatic carbocycles. The van der Waals surface area contributed by atoms with Crippen LogP contribution in [0, 0.1) is 12.8 Å². The molecule has 2 aromatic rings. The lowest BCUT2D eigenvalue weighted by Crippen LogP contribution is -2.19. The highest BCUT2D eigenvalue weighted by Crippen LogP contribution is 2.29. The van der Waals surface area contributed by atoms with Crippen molar-refractivity contribution in [3.05, 3.63) is 35.7 Å². The summed E-state index contributed by atoms with van der Waals surface area (Å²) in [6.07, 6.45) is 1.59. The molecule has 4 nitrogen and oxygen atoms in total. The van der Waals surface area contributed by atoms with Crippen LogP contribution in [0.5, 0.6) is 0 Å². The van der Waals surface area contributed by atoms with Gasteiger partial charge in [-0.1, -0.05) is 31.5 Å². The first-order valence-electron chi connectivity index (χ1n) is 6.88. The molecule has 1 aromatic heterocycles. The van der Waals surface area contributed by atoms with Crippen molar-refractivity contribution < 1.29 is 0 Å². The van der Waals surface area contributed by atoms with Gasteiger partial charge in [0.05, 0.1) is 0 Å². The number of aryl methyl sites for hydroxylation is 2. The molecule has 0 amide bonds. The maximum absolute atomic E-state index is 4.28. The first kappa shape index (κ1) is 15.1. The summed E-state index contributed by atoms with van der Waals surface area (Å²) < 4.78 is 1.80. The maximum Gasteiger partial charge on any atom is 0.190 e. The molecule has 2 rings (SSSR count). The van der Waals surface area contributed by atoms with E-state index in [-0.39, 0.29) is 0 Å². The van der Waals surface area contributed by atoms with Crippen molar-refractivity contribution >= 4 is 11.8 Å². The Hall–Kier alpha value is -1.33. The molecular weight excluding hydrogens is 268 g/mol. The van der Waals surface area contributed by atoms with Gasteiger partial charge in [-0.3, -0.25) is 0 Å². The molecule has 0 aliphatic rings. The highest BCUT2D eigenvalue weighted by molar-refractivity contribution is 7.99. The quantitative estimate of drug-likeness (QED) is 0.888. The molecule has 0 unspecified atom stereocenters. The van der Waals surface area contributed by atoms with Crippen LogP contribution in [0.3, 0.4) is 0 Å². The number of rotatable bonds is 6. The minimum atomic E-state index is 0.662. The number of hydrogen-bond donors (Lipinski definition) is 1. The van der Waals surface area contributed by atoms with Gasteiger partial charge in [0.15, 0.2) is 5.16 Å². The Kier molecular flexibility index (Phi) is 5.20. The SMILES string of the molecule is Cc1ccc(Sc2ncnn2C)c(CNCC(C)C)c1. The van der Waals surface area contributed by atoms with E-state index in [0.29, 0.717) is 5.92 Å². The summed E-state index contributed by atoms with van der Waals surface area (Å²) in [6.45, 7) is 8.49. The van der Waals surface area contributed by atoms with Gasteiger partial charge < -0.3 is 5.32 Å². The molecule has 1 N–H and O–H groups in total. The van der Waals surface area contributed by atoms with Gasteiger partial charge >= 0.3 is 0 Å². The average Bonchev–Trinajstić information content (AvgIpc) is 2.78. The van der Waals surface area contributed by atoms with Crippen LogP contribution in [0.1, 0.15) is 25.0 Å². The summed E-state index contributed by atoms with van der Waals surface area (Å²) in [6, 6.07) is 6.55. The van der Waals surface area contributed by atoms with Crippen molar-refractivity contribution in [2.24, 2.45) is 13.0 Å². The van der Waals surface area contributed by atoms with Crippen molar-refractivity contribution in [1.82, 2.24) is 20.1 Å². The molecule has 108 valence electrons. The second kappa shape index (κ2) is 6.90. The van der Waals surface area contributed by atoms with E-state index >= 15 is 0 Å². The molecule has 0 fully saturated rings. The molecular formula is C15H22N4S. The van der Waals surface area contributed by atoms with Gasteiger partial charge in [0.25, 0.3) is 0 Å². The van der Waals surface area contributed by atoms with Crippen LogP contribution in [-0.2, 0) is 13.6 Å². The zero-order valence-corrected chi connectivity index (χ0v) is 13.4. The van der Waals surface area contributed by atoms with Crippen LogP contribution < -0.4 is 5.32 Å². The van der Waals surface area contributed by atoms with E-state index in [1.165, 1.54) is 16.0 Å². The standard InChI is InChI=1S/C15H22N4S/c1-11(2)8-16-9-13-7-12(3)5-6-14(13)20-15-17-10-18-19(15)4/h5-7,10-11,16H,8-9H2,1-4H3. The molecule has 0 bridgehead atoms. The Morgan fingerprint density at radius 2 is 2.15 bits per heavy atom. The first-order valence-corrected chi connectivity index (χ1v) is 7.70. The Labute approximate surface area is 125 Å². The zero-order chi connectivity index (χ0) is 14.5. The van der Waals surface area contributed by atoms with E-state index in [4.69, 9.17) is 0 Å². The number of hydrogen-bond acceptors (Lipinski definition) is 4. The van der Waals surface area contributed by atoms with Crippen LogP contribution in [0.2, 0.25) is 0 Å². The van der Waals surface area contributed by atoms with Crippen LogP contribution in [-0.4, -0.2) is 21.3 Å². The van der Waals surface area contributed by atoms with E-state index in [2.05, 4.69) is 54.4 Å². The maximum atomic E-state index is 4.28. The fourth-order valence-electron chi connectivity index (χ4n) is 1.92. The fourth-order valence-corrected chi connectivity index (χ4v) is 2.79. The summed E-state index contributed by atoms with van der Waals surface area (Å²) >= 11 is 1.66. The molecule has 1 heterocycles. The summed E-state index contributed by atoms with van der Waals surface area (Å²) in [5.41, 5.74) is 2.60. The number of aromatic nitrogens is 3. The van der Waals surface area contributed by atoms with Gasteiger partial charge in [-0.2, -0.15) is 5.10 Å². The lowest BCUT2D eigenvalue weighted by atomic mass is 10.1. The van der Waals surface area contributed by atoms with Gasteiger partial charge in [0.2, 0.25) is 0 Å². The zero-order valence-electron chi connectivity index (χ0n) is 12.6. The topological polar surface area (TPSA) is 42.7 Å². The third-order valence-corrected chi connectivity index (χ3v) is 4.13.